The molecule has 0 saturated carbocycles. The molecule has 0 aliphatic heterocycles. The fraction of sp³-hybridized carbons (Fsp3) is 0.192. The Kier molecular flexibility index (Phi) is 6.22. The maximum absolute atomic E-state index is 12.9. The highest BCUT2D eigenvalue weighted by Crippen LogP contribution is 2.32. The molecule has 0 spiro atoms. The minimum atomic E-state index is -0.367. The number of benzene rings is 3. The van der Waals surface area contributed by atoms with Gasteiger partial charge in [-0.05, 0) is 35.7 Å². The highest BCUT2D eigenvalue weighted by molar-refractivity contribution is 5.80. The molecule has 5 heteroatoms. The van der Waals surface area contributed by atoms with E-state index in [-0.39, 0.29) is 11.9 Å². The van der Waals surface area contributed by atoms with Crippen molar-refractivity contribution in [3.63, 3.8) is 0 Å². The van der Waals surface area contributed by atoms with Crippen molar-refractivity contribution in [3.8, 4) is 11.5 Å². The molecule has 1 unspecified atom stereocenters. The van der Waals surface area contributed by atoms with Gasteiger partial charge in [-0.25, -0.2) is 0 Å². The number of amides is 1. The van der Waals surface area contributed by atoms with Crippen LogP contribution in [-0.2, 0) is 11.2 Å². The second-order valence-electron chi connectivity index (χ2n) is 7.25. The Labute approximate surface area is 181 Å². The topological polar surface area (TPSA) is 60.7 Å². The summed E-state index contributed by atoms with van der Waals surface area (Å²) in [6.45, 7) is 0. The first-order valence-electron chi connectivity index (χ1n) is 10.2. The number of hydrogen-bond acceptors (Lipinski definition) is 4. The molecule has 1 N–H and O–H groups in total. The van der Waals surface area contributed by atoms with Gasteiger partial charge in [-0.1, -0.05) is 60.7 Å². The first-order valence-corrected chi connectivity index (χ1v) is 10.2. The number of carbonyl (C=O) groups is 1. The Morgan fingerprint density at radius 1 is 0.935 bits per heavy atom. The van der Waals surface area contributed by atoms with E-state index in [4.69, 9.17) is 13.9 Å². The summed E-state index contributed by atoms with van der Waals surface area (Å²) in [7, 11) is 3.21. The van der Waals surface area contributed by atoms with Crippen molar-refractivity contribution in [1.82, 2.24) is 5.32 Å². The van der Waals surface area contributed by atoms with Gasteiger partial charge >= 0.3 is 0 Å². The van der Waals surface area contributed by atoms with Gasteiger partial charge in [0.05, 0.1) is 14.2 Å². The number of fused-ring (bicyclic) bond motifs is 1. The molecule has 1 amide bonds. The van der Waals surface area contributed by atoms with Gasteiger partial charge in [0, 0.05) is 11.8 Å². The van der Waals surface area contributed by atoms with Crippen LogP contribution in [0.15, 0.2) is 83.3 Å². The lowest BCUT2D eigenvalue weighted by Gasteiger charge is -2.18. The van der Waals surface area contributed by atoms with Gasteiger partial charge in [-0.3, -0.25) is 4.79 Å². The molecule has 0 fully saturated rings. The summed E-state index contributed by atoms with van der Waals surface area (Å²) in [6.07, 6.45) is 0.848. The van der Waals surface area contributed by atoms with Crippen molar-refractivity contribution < 1.29 is 18.7 Å². The Morgan fingerprint density at radius 2 is 1.71 bits per heavy atom. The molecule has 1 aromatic heterocycles. The number of ether oxygens (including phenoxy) is 2. The van der Waals surface area contributed by atoms with E-state index in [1.165, 1.54) is 0 Å². The Morgan fingerprint density at radius 3 is 2.45 bits per heavy atom. The minimum absolute atomic E-state index is 0.0702. The van der Waals surface area contributed by atoms with E-state index in [1.807, 2.05) is 78.9 Å². The number of aryl methyl sites for hydroxylation is 1. The molecule has 0 saturated heterocycles. The van der Waals surface area contributed by atoms with Crippen LogP contribution in [0.3, 0.4) is 0 Å². The Hall–Kier alpha value is -3.73. The molecule has 4 aromatic rings. The average molecular weight is 415 g/mol. The number of para-hydroxylation sites is 2. The first kappa shape index (κ1) is 20.5. The van der Waals surface area contributed by atoms with Crippen molar-refractivity contribution in [2.75, 3.05) is 14.2 Å². The third-order valence-corrected chi connectivity index (χ3v) is 5.27. The number of furan rings is 1. The Balaban J connectivity index is 1.54. The first-order chi connectivity index (χ1) is 15.2. The average Bonchev–Trinajstić information content (AvgIpc) is 3.25. The molecule has 0 aliphatic rings. The van der Waals surface area contributed by atoms with Crippen LogP contribution in [-0.4, -0.2) is 20.1 Å². The van der Waals surface area contributed by atoms with Gasteiger partial charge in [0.1, 0.15) is 17.4 Å². The molecule has 158 valence electrons. The fourth-order valence-corrected chi connectivity index (χ4v) is 3.74. The second kappa shape index (κ2) is 9.39. The second-order valence-corrected chi connectivity index (χ2v) is 7.25. The predicted molar refractivity (Wildman–Crippen MR) is 121 cm³/mol. The van der Waals surface area contributed by atoms with Crippen LogP contribution in [0.2, 0.25) is 0 Å². The van der Waals surface area contributed by atoms with Crippen LogP contribution >= 0.6 is 0 Å². The predicted octanol–water partition coefficient (Wildman–Crippen LogP) is 5.29. The summed E-state index contributed by atoms with van der Waals surface area (Å²) in [5.41, 5.74) is 2.69. The molecule has 31 heavy (non-hydrogen) atoms. The third kappa shape index (κ3) is 4.56. The number of nitrogens with one attached hydrogen (secondary N) is 1. The number of carbonyl (C=O) groups excluding carboxylic acids is 1. The molecule has 0 bridgehead atoms. The van der Waals surface area contributed by atoms with Crippen molar-refractivity contribution in [3.05, 3.63) is 95.7 Å². The van der Waals surface area contributed by atoms with Gasteiger partial charge < -0.3 is 19.2 Å². The summed E-state index contributed by atoms with van der Waals surface area (Å²) in [4.78, 5) is 12.9. The molecule has 5 nitrogen and oxygen atoms in total. The fourth-order valence-electron chi connectivity index (χ4n) is 3.74. The number of hydrogen-bond donors (Lipinski definition) is 1. The van der Waals surface area contributed by atoms with Gasteiger partial charge in [-0.15, -0.1) is 0 Å². The zero-order valence-corrected chi connectivity index (χ0v) is 17.6. The van der Waals surface area contributed by atoms with Gasteiger partial charge in [0.15, 0.2) is 11.5 Å². The van der Waals surface area contributed by atoms with Crippen LogP contribution in [0.25, 0.3) is 11.0 Å². The zero-order valence-electron chi connectivity index (χ0n) is 17.6. The maximum Gasteiger partial charge on any atom is 0.221 e. The minimum Gasteiger partial charge on any atom is -0.493 e. The highest BCUT2D eigenvalue weighted by Gasteiger charge is 2.21. The van der Waals surface area contributed by atoms with E-state index >= 15 is 0 Å². The lowest BCUT2D eigenvalue weighted by molar-refractivity contribution is -0.121. The molecular formula is C26H25NO4. The van der Waals surface area contributed by atoms with Crippen LogP contribution < -0.4 is 14.8 Å². The number of rotatable bonds is 8. The smallest absolute Gasteiger partial charge is 0.221 e. The molecule has 0 aliphatic carbocycles. The van der Waals surface area contributed by atoms with E-state index < -0.39 is 0 Å². The van der Waals surface area contributed by atoms with E-state index in [1.54, 1.807) is 14.2 Å². The summed E-state index contributed by atoms with van der Waals surface area (Å²) in [6, 6.07) is 25.0. The number of methoxy groups -OCH3 is 2. The molecule has 3 aromatic carbocycles. The normalized spacial score (nSPS) is 11.8. The van der Waals surface area contributed by atoms with Gasteiger partial charge in [-0.2, -0.15) is 0 Å². The van der Waals surface area contributed by atoms with Crippen molar-refractivity contribution in [1.29, 1.82) is 0 Å². The summed E-state index contributed by atoms with van der Waals surface area (Å²) < 4.78 is 16.9. The van der Waals surface area contributed by atoms with E-state index in [2.05, 4.69) is 5.32 Å². The molecule has 1 atom stereocenters. The van der Waals surface area contributed by atoms with Crippen LogP contribution in [0, 0.1) is 0 Å². The van der Waals surface area contributed by atoms with Crippen molar-refractivity contribution >= 4 is 16.9 Å². The van der Waals surface area contributed by atoms with Gasteiger partial charge in [0.2, 0.25) is 5.91 Å². The standard InChI is InChI=1S/C26H25NO4/c1-29-22-14-8-12-19(26(22)30-2)15-16-24(28)27-25(18-9-4-3-5-10-18)23-17-20-11-6-7-13-21(20)31-23/h3-14,17,25H,15-16H2,1-2H3,(H,27,28). The molecule has 1 heterocycles. The zero-order chi connectivity index (χ0) is 21.6. The van der Waals surface area contributed by atoms with E-state index in [0.29, 0.717) is 30.1 Å². The summed E-state index contributed by atoms with van der Waals surface area (Å²) in [5, 5.41) is 4.15. The quantitative estimate of drug-likeness (QED) is 0.425. The van der Waals surface area contributed by atoms with Crippen LogP contribution in [0.1, 0.15) is 29.3 Å². The van der Waals surface area contributed by atoms with Crippen LogP contribution in [0.4, 0.5) is 0 Å². The molecule has 0 radical (unpaired) electrons. The summed E-state index contributed by atoms with van der Waals surface area (Å²) >= 11 is 0. The SMILES string of the molecule is COc1cccc(CCC(=O)NC(c2ccccc2)c2cc3ccccc3o2)c1OC. The largest absolute Gasteiger partial charge is 0.493 e. The van der Waals surface area contributed by atoms with Crippen LogP contribution in [0.5, 0.6) is 11.5 Å². The van der Waals surface area contributed by atoms with Gasteiger partial charge in [0.25, 0.3) is 0 Å². The van der Waals surface area contributed by atoms with Crippen molar-refractivity contribution in [2.45, 2.75) is 18.9 Å². The monoisotopic (exact) mass is 415 g/mol. The van der Waals surface area contributed by atoms with E-state index in [9.17, 15) is 4.79 Å². The third-order valence-electron chi connectivity index (χ3n) is 5.27. The molecule has 4 rings (SSSR count). The summed E-state index contributed by atoms with van der Waals surface area (Å²) in [5.74, 6) is 1.96. The highest BCUT2D eigenvalue weighted by atomic mass is 16.5. The maximum atomic E-state index is 12.9. The lowest BCUT2D eigenvalue weighted by Crippen LogP contribution is -2.29. The molecular weight excluding hydrogens is 390 g/mol. The Bertz CT molecular complexity index is 1130. The van der Waals surface area contributed by atoms with Crippen molar-refractivity contribution in [2.24, 2.45) is 0 Å². The van der Waals surface area contributed by atoms with E-state index in [0.717, 1.165) is 22.1 Å². The lowest BCUT2D eigenvalue weighted by atomic mass is 10.0.